The normalized spacial score (nSPS) is 22.3. The molecular weight excluding hydrogens is 342 g/mol. The summed E-state index contributed by atoms with van der Waals surface area (Å²) in [6.45, 7) is -0.471. The number of carbonyl (C=O) groups excluding carboxylic acids is 1. The van der Waals surface area contributed by atoms with Gasteiger partial charge < -0.3 is 15.4 Å². The van der Waals surface area contributed by atoms with E-state index >= 15 is 0 Å². The minimum Gasteiger partial charge on any atom is -0.435 e. The number of aryl methyl sites for hydroxylation is 1. The van der Waals surface area contributed by atoms with Gasteiger partial charge in [-0.3, -0.25) is 0 Å². The number of hydrogen-bond acceptors (Lipinski definition) is 4. The minimum atomic E-state index is -2.83. The van der Waals surface area contributed by atoms with Gasteiger partial charge >= 0.3 is 12.6 Å². The van der Waals surface area contributed by atoms with Gasteiger partial charge in [-0.15, -0.1) is 0 Å². The van der Waals surface area contributed by atoms with Gasteiger partial charge in [-0.1, -0.05) is 6.07 Å². The lowest BCUT2D eigenvalue weighted by molar-refractivity contribution is -0.0499. The summed E-state index contributed by atoms with van der Waals surface area (Å²) in [6.07, 6.45) is 3.34. The van der Waals surface area contributed by atoms with Crippen LogP contribution in [0.3, 0.4) is 0 Å². The van der Waals surface area contributed by atoms with E-state index in [0.717, 1.165) is 55.6 Å². The van der Waals surface area contributed by atoms with Crippen LogP contribution in [0.2, 0.25) is 0 Å². The number of benzene rings is 1. The fourth-order valence-electron chi connectivity index (χ4n) is 3.95. The predicted molar refractivity (Wildman–Crippen MR) is 91.6 cm³/mol. The number of hydrazine groups is 1. The van der Waals surface area contributed by atoms with Crippen LogP contribution in [-0.2, 0) is 6.42 Å². The van der Waals surface area contributed by atoms with E-state index < -0.39 is 6.61 Å². The predicted octanol–water partition coefficient (Wildman–Crippen LogP) is 2.44. The number of carbonyl (C=O) groups is 1. The third kappa shape index (κ3) is 3.39. The number of rotatable bonds is 3. The summed E-state index contributed by atoms with van der Waals surface area (Å²) in [4.78, 5) is 12.8. The molecule has 1 aromatic carbocycles. The lowest BCUT2D eigenvalue weighted by atomic mass is 9.87. The molecular formula is C18H22F2N4O2. The van der Waals surface area contributed by atoms with Crippen molar-refractivity contribution in [1.29, 1.82) is 0 Å². The minimum absolute atomic E-state index is 0.125. The number of alkyl halides is 2. The van der Waals surface area contributed by atoms with Crippen LogP contribution in [0.5, 0.6) is 5.75 Å². The molecule has 0 bridgehead atoms. The van der Waals surface area contributed by atoms with E-state index in [0.29, 0.717) is 6.54 Å². The van der Waals surface area contributed by atoms with E-state index in [1.165, 1.54) is 11.6 Å². The zero-order chi connectivity index (χ0) is 18.1. The Balaban J connectivity index is 1.48. The number of nitrogens with one attached hydrogen (secondary N) is 3. The lowest BCUT2D eigenvalue weighted by Crippen LogP contribution is -2.46. The number of ether oxygens (including phenoxy) is 1. The summed E-state index contributed by atoms with van der Waals surface area (Å²) in [5, 5.41) is 8.02. The van der Waals surface area contributed by atoms with Crippen molar-refractivity contribution < 1.29 is 18.3 Å². The number of halogens is 2. The van der Waals surface area contributed by atoms with Gasteiger partial charge in [0.25, 0.3) is 0 Å². The fraction of sp³-hybridized carbons (Fsp3) is 0.500. The van der Waals surface area contributed by atoms with Crippen LogP contribution < -0.4 is 20.8 Å². The fourth-order valence-corrected chi connectivity index (χ4v) is 3.95. The van der Waals surface area contributed by atoms with E-state index in [-0.39, 0.29) is 17.8 Å². The molecule has 0 saturated carbocycles. The number of fused-ring (bicyclic) bond motifs is 1. The highest BCUT2D eigenvalue weighted by atomic mass is 19.3. The average molecular weight is 364 g/mol. The van der Waals surface area contributed by atoms with Crippen molar-refractivity contribution in [2.45, 2.75) is 38.3 Å². The first-order chi connectivity index (χ1) is 12.6. The van der Waals surface area contributed by atoms with Crippen LogP contribution in [-0.4, -0.2) is 37.3 Å². The Labute approximate surface area is 150 Å². The van der Waals surface area contributed by atoms with Crippen molar-refractivity contribution in [1.82, 2.24) is 21.1 Å². The summed E-state index contributed by atoms with van der Waals surface area (Å²) in [5.74, 6) is 0.163. The third-order valence-corrected chi connectivity index (χ3v) is 5.16. The number of urea groups is 1. The van der Waals surface area contributed by atoms with Crippen LogP contribution in [0.25, 0.3) is 0 Å². The van der Waals surface area contributed by atoms with E-state index in [1.807, 2.05) is 0 Å². The molecule has 6 nitrogen and oxygen atoms in total. The molecule has 1 aliphatic carbocycles. The largest absolute Gasteiger partial charge is 0.435 e. The maximum absolute atomic E-state index is 12.8. The molecule has 1 aromatic rings. The molecule has 0 fully saturated rings. The Morgan fingerprint density at radius 3 is 3.04 bits per heavy atom. The monoisotopic (exact) mass is 364 g/mol. The summed E-state index contributed by atoms with van der Waals surface area (Å²) in [7, 11) is 0. The Bertz CT molecular complexity index is 738. The summed E-state index contributed by atoms with van der Waals surface area (Å²) < 4.78 is 29.3. The average Bonchev–Trinajstić information content (AvgIpc) is 3.05. The molecule has 2 heterocycles. The quantitative estimate of drug-likeness (QED) is 0.771. The van der Waals surface area contributed by atoms with Gasteiger partial charge in [0.05, 0.1) is 6.04 Å². The van der Waals surface area contributed by atoms with Crippen molar-refractivity contribution in [2.24, 2.45) is 0 Å². The number of amides is 2. The molecule has 8 heteroatoms. The first kappa shape index (κ1) is 17.2. The van der Waals surface area contributed by atoms with Gasteiger partial charge in [-0.25, -0.2) is 15.2 Å². The van der Waals surface area contributed by atoms with E-state index in [4.69, 9.17) is 0 Å². The molecule has 0 unspecified atom stereocenters. The molecule has 0 aromatic heterocycles. The topological polar surface area (TPSA) is 65.6 Å². The second-order valence-electron chi connectivity index (χ2n) is 6.78. The van der Waals surface area contributed by atoms with Crippen LogP contribution in [0.1, 0.15) is 36.4 Å². The van der Waals surface area contributed by atoms with E-state index in [9.17, 15) is 13.6 Å². The highest BCUT2D eigenvalue weighted by Gasteiger charge is 2.31. The molecule has 2 aliphatic heterocycles. The number of nitrogens with zero attached hydrogens (tertiary/aromatic N) is 1. The van der Waals surface area contributed by atoms with Gasteiger partial charge in [0, 0.05) is 31.8 Å². The summed E-state index contributed by atoms with van der Waals surface area (Å²) in [6, 6.07) is 4.69. The van der Waals surface area contributed by atoms with Crippen LogP contribution in [0, 0.1) is 0 Å². The Morgan fingerprint density at radius 2 is 2.19 bits per heavy atom. The molecule has 140 valence electrons. The van der Waals surface area contributed by atoms with Gasteiger partial charge in [0.15, 0.2) is 0 Å². The Morgan fingerprint density at radius 1 is 1.31 bits per heavy atom. The zero-order valence-electron chi connectivity index (χ0n) is 14.4. The van der Waals surface area contributed by atoms with Gasteiger partial charge in [-0.05, 0) is 48.1 Å². The second-order valence-corrected chi connectivity index (χ2v) is 6.78. The second kappa shape index (κ2) is 7.20. The van der Waals surface area contributed by atoms with Crippen LogP contribution >= 0.6 is 0 Å². The number of hydrogen-bond donors (Lipinski definition) is 3. The molecule has 26 heavy (non-hydrogen) atoms. The van der Waals surface area contributed by atoms with Crippen molar-refractivity contribution >= 4 is 6.03 Å². The molecule has 2 amide bonds. The maximum atomic E-state index is 12.8. The Hall–Kier alpha value is -2.19. The Kier molecular flexibility index (Phi) is 4.78. The van der Waals surface area contributed by atoms with Crippen molar-refractivity contribution in [3.05, 3.63) is 40.6 Å². The van der Waals surface area contributed by atoms with Crippen molar-refractivity contribution in [3.63, 3.8) is 0 Å². The summed E-state index contributed by atoms with van der Waals surface area (Å²) >= 11 is 0. The molecule has 0 spiro atoms. The van der Waals surface area contributed by atoms with E-state index in [1.54, 1.807) is 17.1 Å². The van der Waals surface area contributed by atoms with Gasteiger partial charge in [0.1, 0.15) is 5.75 Å². The first-order valence-electron chi connectivity index (χ1n) is 8.95. The van der Waals surface area contributed by atoms with Crippen molar-refractivity contribution in [3.8, 4) is 5.75 Å². The van der Waals surface area contributed by atoms with Crippen LogP contribution in [0.15, 0.2) is 29.5 Å². The molecule has 0 radical (unpaired) electrons. The van der Waals surface area contributed by atoms with Gasteiger partial charge in [0.2, 0.25) is 0 Å². The maximum Gasteiger partial charge on any atom is 0.387 e. The molecule has 4 rings (SSSR count). The highest BCUT2D eigenvalue weighted by molar-refractivity contribution is 5.77. The van der Waals surface area contributed by atoms with Crippen molar-refractivity contribution in [2.75, 3.05) is 19.6 Å². The zero-order valence-corrected chi connectivity index (χ0v) is 14.4. The smallest absolute Gasteiger partial charge is 0.387 e. The molecule has 0 saturated heterocycles. The first-order valence-corrected chi connectivity index (χ1v) is 8.95. The molecule has 1 atom stereocenters. The molecule has 3 N–H and O–H groups in total. The summed E-state index contributed by atoms with van der Waals surface area (Å²) in [5.41, 5.74) is 7.36. The lowest BCUT2D eigenvalue weighted by Gasteiger charge is -2.30. The van der Waals surface area contributed by atoms with Crippen LogP contribution in [0.4, 0.5) is 13.6 Å². The standard InChI is InChI=1S/C18H22F2N4O2/c19-17(20)26-13-4-5-14-11(8-13)2-1-3-15(14)23-18(25)24-16-6-7-21-9-12(16)10-22-24/h4-5,8,15,17,21-22H,1-3,6-7,9-10H2,(H,23,25)/t15-/m0/s1. The van der Waals surface area contributed by atoms with Gasteiger partial charge in [-0.2, -0.15) is 8.78 Å². The van der Waals surface area contributed by atoms with E-state index in [2.05, 4.69) is 20.8 Å². The SMILES string of the molecule is O=C(N[C@H]1CCCc2cc(OC(F)F)ccc21)N1NCC2=C1CCNC2. The third-order valence-electron chi connectivity index (χ3n) is 5.16. The molecule has 3 aliphatic rings. The highest BCUT2D eigenvalue weighted by Crippen LogP contribution is 2.33.